The number of hydrogen-bond donors (Lipinski definition) is 2. The number of phenolic OH excluding ortho intramolecular Hbond substituents is 1. The number of carbonyl (C=O) groups excluding carboxylic acids is 2. The summed E-state index contributed by atoms with van der Waals surface area (Å²) in [6.07, 6.45) is 1.14. The summed E-state index contributed by atoms with van der Waals surface area (Å²) in [5.74, 6) is -0.483. The van der Waals surface area contributed by atoms with Gasteiger partial charge in [0.05, 0.1) is 4.92 Å². The molecule has 1 aliphatic rings. The summed E-state index contributed by atoms with van der Waals surface area (Å²) < 4.78 is 0. The van der Waals surface area contributed by atoms with Crippen molar-refractivity contribution < 1.29 is 19.6 Å². The van der Waals surface area contributed by atoms with Gasteiger partial charge in [-0.15, -0.1) is 0 Å². The van der Waals surface area contributed by atoms with E-state index < -0.39 is 4.92 Å². The molecule has 1 saturated heterocycles. The van der Waals surface area contributed by atoms with Gasteiger partial charge in [-0.05, 0) is 32.8 Å². The number of benzene rings is 1. The number of carbonyl (C=O) groups is 2. The highest BCUT2D eigenvalue weighted by Crippen LogP contribution is 2.23. The molecule has 9 heteroatoms. The third-order valence-corrected chi connectivity index (χ3v) is 4.90. The van der Waals surface area contributed by atoms with E-state index in [0.29, 0.717) is 44.6 Å². The second-order valence-corrected chi connectivity index (χ2v) is 6.50. The molecule has 1 heterocycles. The minimum absolute atomic E-state index is 0.000348. The van der Waals surface area contributed by atoms with E-state index in [-0.39, 0.29) is 35.8 Å². The lowest BCUT2D eigenvalue weighted by Crippen LogP contribution is -2.48. The van der Waals surface area contributed by atoms with Gasteiger partial charge in [-0.1, -0.05) is 0 Å². The van der Waals surface area contributed by atoms with Gasteiger partial charge in [0.25, 0.3) is 5.69 Å². The molecule has 0 saturated carbocycles. The van der Waals surface area contributed by atoms with Crippen LogP contribution in [0.4, 0.5) is 10.5 Å². The highest BCUT2D eigenvalue weighted by molar-refractivity contribution is 5.79. The van der Waals surface area contributed by atoms with E-state index in [1.807, 2.05) is 13.8 Å². The van der Waals surface area contributed by atoms with Crippen molar-refractivity contribution in [3.8, 4) is 5.75 Å². The van der Waals surface area contributed by atoms with Crippen LogP contribution in [0.25, 0.3) is 0 Å². The smallest absolute Gasteiger partial charge is 0.319 e. The molecule has 0 aromatic heterocycles. The van der Waals surface area contributed by atoms with Gasteiger partial charge in [0.15, 0.2) is 0 Å². The Labute approximate surface area is 158 Å². The Kier molecular flexibility index (Phi) is 6.98. The highest BCUT2D eigenvalue weighted by atomic mass is 16.6. The number of amides is 3. The maximum Gasteiger partial charge on any atom is 0.319 e. The van der Waals surface area contributed by atoms with Gasteiger partial charge in [0.1, 0.15) is 5.75 Å². The van der Waals surface area contributed by atoms with Crippen LogP contribution in [0.2, 0.25) is 0 Å². The molecular formula is C18H26N4O5. The summed E-state index contributed by atoms with van der Waals surface area (Å²) >= 11 is 0. The number of urea groups is 1. The topological polar surface area (TPSA) is 116 Å². The molecular weight excluding hydrogens is 352 g/mol. The van der Waals surface area contributed by atoms with E-state index >= 15 is 0 Å². The van der Waals surface area contributed by atoms with Crippen LogP contribution >= 0.6 is 0 Å². The average molecular weight is 378 g/mol. The van der Waals surface area contributed by atoms with Gasteiger partial charge < -0.3 is 20.2 Å². The van der Waals surface area contributed by atoms with Crippen molar-refractivity contribution in [2.45, 2.75) is 33.2 Å². The number of nitrogens with zero attached hydrogens (tertiary/aromatic N) is 3. The Hall–Kier alpha value is -2.84. The lowest BCUT2D eigenvalue weighted by atomic mass is 9.96. The first-order chi connectivity index (χ1) is 12.9. The second kappa shape index (κ2) is 9.20. The Morgan fingerprint density at radius 2 is 1.93 bits per heavy atom. The Balaban J connectivity index is 1.87. The molecule has 0 atom stereocenters. The highest BCUT2D eigenvalue weighted by Gasteiger charge is 2.28. The van der Waals surface area contributed by atoms with Crippen LogP contribution in [-0.4, -0.2) is 57.9 Å². The molecule has 0 radical (unpaired) electrons. The minimum atomic E-state index is -0.548. The number of nitrogens with one attached hydrogen (secondary N) is 1. The second-order valence-electron chi connectivity index (χ2n) is 6.50. The fourth-order valence-electron chi connectivity index (χ4n) is 3.18. The molecule has 0 unspecified atom stereocenters. The van der Waals surface area contributed by atoms with Crippen molar-refractivity contribution in [3.05, 3.63) is 33.9 Å². The zero-order chi connectivity index (χ0) is 20.0. The van der Waals surface area contributed by atoms with Crippen LogP contribution < -0.4 is 5.32 Å². The van der Waals surface area contributed by atoms with Gasteiger partial charge >= 0.3 is 6.03 Å². The van der Waals surface area contributed by atoms with Crippen molar-refractivity contribution in [3.63, 3.8) is 0 Å². The van der Waals surface area contributed by atoms with Gasteiger partial charge in [-0.3, -0.25) is 14.9 Å². The fraction of sp³-hybridized carbons (Fsp3) is 0.556. The molecule has 148 valence electrons. The summed E-state index contributed by atoms with van der Waals surface area (Å²) in [6.45, 7) is 6.25. The lowest BCUT2D eigenvalue weighted by molar-refractivity contribution is -0.384. The number of likely N-dealkylation sites (tertiary alicyclic amines) is 1. The van der Waals surface area contributed by atoms with Crippen LogP contribution in [0, 0.1) is 16.0 Å². The molecule has 27 heavy (non-hydrogen) atoms. The minimum Gasteiger partial charge on any atom is -0.508 e. The van der Waals surface area contributed by atoms with E-state index in [9.17, 15) is 24.8 Å². The van der Waals surface area contributed by atoms with E-state index in [2.05, 4.69) is 5.32 Å². The van der Waals surface area contributed by atoms with Crippen LogP contribution in [0.1, 0.15) is 32.3 Å². The normalized spacial score (nSPS) is 14.7. The number of piperidine rings is 1. The maximum absolute atomic E-state index is 12.4. The van der Waals surface area contributed by atoms with E-state index in [0.717, 1.165) is 0 Å². The number of nitro groups is 1. The summed E-state index contributed by atoms with van der Waals surface area (Å²) in [6, 6.07) is 3.71. The fourth-order valence-corrected chi connectivity index (χ4v) is 3.18. The first-order valence-corrected chi connectivity index (χ1v) is 9.15. The predicted octanol–water partition coefficient (Wildman–Crippen LogP) is 2.09. The SMILES string of the molecule is CCN(CC)C(=O)N1CCC(C(=O)NCc2cc([N+](=O)[O-])ccc2O)CC1. The third kappa shape index (κ3) is 5.08. The standard InChI is InChI=1S/C18H26N4O5/c1-3-20(4-2)18(25)21-9-7-13(8-10-21)17(24)19-12-14-11-15(22(26)27)5-6-16(14)23/h5-6,11,13,23H,3-4,7-10,12H2,1-2H3,(H,19,24). The van der Waals surface area contributed by atoms with Crippen LogP contribution in [-0.2, 0) is 11.3 Å². The molecule has 2 N–H and O–H groups in total. The number of nitro benzene ring substituents is 1. The van der Waals surface area contributed by atoms with Crippen molar-refractivity contribution in [2.75, 3.05) is 26.2 Å². The van der Waals surface area contributed by atoms with Gasteiger partial charge in [-0.25, -0.2) is 4.79 Å². The van der Waals surface area contributed by atoms with Crippen LogP contribution in [0.3, 0.4) is 0 Å². The molecule has 9 nitrogen and oxygen atoms in total. The number of hydrogen-bond acceptors (Lipinski definition) is 5. The number of phenols is 1. The van der Waals surface area contributed by atoms with Crippen LogP contribution in [0.15, 0.2) is 18.2 Å². The van der Waals surface area contributed by atoms with Crippen molar-refractivity contribution in [1.29, 1.82) is 0 Å². The van der Waals surface area contributed by atoms with Gasteiger partial charge in [0.2, 0.25) is 5.91 Å². The van der Waals surface area contributed by atoms with Gasteiger partial charge in [-0.2, -0.15) is 0 Å². The predicted molar refractivity (Wildman–Crippen MR) is 99.2 cm³/mol. The molecule has 1 aliphatic heterocycles. The lowest BCUT2D eigenvalue weighted by Gasteiger charge is -2.34. The molecule has 1 aromatic carbocycles. The van der Waals surface area contributed by atoms with E-state index in [1.165, 1.54) is 18.2 Å². The Morgan fingerprint density at radius 1 is 1.30 bits per heavy atom. The zero-order valence-electron chi connectivity index (χ0n) is 15.7. The van der Waals surface area contributed by atoms with Crippen molar-refractivity contribution in [2.24, 2.45) is 5.92 Å². The average Bonchev–Trinajstić information content (AvgIpc) is 2.67. The number of aromatic hydroxyl groups is 1. The molecule has 1 fully saturated rings. The summed E-state index contributed by atoms with van der Waals surface area (Å²) in [4.78, 5) is 38.5. The first-order valence-electron chi connectivity index (χ1n) is 9.15. The van der Waals surface area contributed by atoms with Gasteiger partial charge in [0, 0.05) is 56.3 Å². The summed E-state index contributed by atoms with van der Waals surface area (Å²) in [7, 11) is 0. The summed E-state index contributed by atoms with van der Waals surface area (Å²) in [5.41, 5.74) is 0.159. The number of non-ortho nitro benzene ring substituents is 1. The first kappa shape index (κ1) is 20.5. The third-order valence-electron chi connectivity index (χ3n) is 4.90. The summed E-state index contributed by atoms with van der Waals surface area (Å²) in [5, 5.41) is 23.4. The largest absolute Gasteiger partial charge is 0.508 e. The molecule has 0 bridgehead atoms. The molecule has 3 amide bonds. The Bertz CT molecular complexity index is 697. The zero-order valence-corrected chi connectivity index (χ0v) is 15.7. The maximum atomic E-state index is 12.4. The van der Waals surface area contributed by atoms with Crippen molar-refractivity contribution in [1.82, 2.24) is 15.1 Å². The molecule has 0 spiro atoms. The van der Waals surface area contributed by atoms with E-state index in [1.54, 1.807) is 9.80 Å². The van der Waals surface area contributed by atoms with Crippen LogP contribution in [0.5, 0.6) is 5.75 Å². The molecule has 1 aromatic rings. The molecule has 0 aliphatic carbocycles. The number of rotatable bonds is 6. The monoisotopic (exact) mass is 378 g/mol. The molecule has 2 rings (SSSR count). The van der Waals surface area contributed by atoms with E-state index in [4.69, 9.17) is 0 Å². The Morgan fingerprint density at radius 3 is 2.48 bits per heavy atom. The quantitative estimate of drug-likeness (QED) is 0.581. The van der Waals surface area contributed by atoms with Crippen molar-refractivity contribution >= 4 is 17.6 Å².